The lowest BCUT2D eigenvalue weighted by atomic mass is 10.0. The van der Waals surface area contributed by atoms with Crippen molar-refractivity contribution in [3.63, 3.8) is 0 Å². The molecule has 0 spiro atoms. The predicted molar refractivity (Wildman–Crippen MR) is 48.1 cm³/mol. The maximum absolute atomic E-state index is 12.5. The molecule has 0 unspecified atom stereocenters. The number of nitrogens with zero attached hydrogens (tertiary/aromatic N) is 1. The van der Waals surface area contributed by atoms with Crippen LogP contribution in [0.1, 0.15) is 23.1 Å². The highest BCUT2D eigenvalue weighted by molar-refractivity contribution is 5.72. The van der Waals surface area contributed by atoms with E-state index in [2.05, 4.69) is 0 Å². The zero-order chi connectivity index (χ0) is 12.3. The minimum Gasteiger partial charge on any atom is -0.481 e. The molecule has 0 fully saturated rings. The normalized spacial score (nSPS) is 10.1. The molecule has 0 aromatic carbocycles. The van der Waals surface area contributed by atoms with E-state index < -0.39 is 41.1 Å². The van der Waals surface area contributed by atoms with Crippen LogP contribution >= 0.6 is 0 Å². The Hall–Kier alpha value is -2.23. The molecule has 0 atom stereocenters. The molecule has 2 N–H and O–H groups in total. The molecule has 0 aliphatic carbocycles. The lowest BCUT2D eigenvalue weighted by Crippen LogP contribution is -2.17. The third kappa shape index (κ3) is 2.23. The summed E-state index contributed by atoms with van der Waals surface area (Å²) >= 11 is 0. The van der Waals surface area contributed by atoms with Crippen LogP contribution in [0.4, 0.5) is 8.78 Å². The molecular weight excluding hydrogens is 222 g/mol. The van der Waals surface area contributed by atoms with Crippen molar-refractivity contribution in [3.8, 4) is 6.07 Å². The van der Waals surface area contributed by atoms with Crippen LogP contribution in [0, 0.1) is 11.3 Å². The Labute approximate surface area is 88.0 Å². The number of nitrogens with one attached hydrogen (secondary N) is 1. The van der Waals surface area contributed by atoms with Gasteiger partial charge in [-0.3, -0.25) is 9.59 Å². The Morgan fingerprint density at radius 2 is 2.25 bits per heavy atom. The standard InChI is InChI=1S/C9H6F2N2O3/c10-8(11)6-3-13-9(16)5(2-12)4(6)1-7(14)15/h3,8H,1H2,(H,13,16)(H,14,15). The Morgan fingerprint density at radius 3 is 2.69 bits per heavy atom. The van der Waals surface area contributed by atoms with Gasteiger partial charge in [0.1, 0.15) is 11.6 Å². The first-order valence-corrected chi connectivity index (χ1v) is 4.12. The number of nitriles is 1. The summed E-state index contributed by atoms with van der Waals surface area (Å²) in [6.07, 6.45) is -3.00. The number of aromatic nitrogens is 1. The van der Waals surface area contributed by atoms with E-state index in [1.165, 1.54) is 6.07 Å². The van der Waals surface area contributed by atoms with Crippen molar-refractivity contribution in [2.75, 3.05) is 0 Å². The Morgan fingerprint density at radius 1 is 1.62 bits per heavy atom. The van der Waals surface area contributed by atoms with E-state index in [9.17, 15) is 18.4 Å². The molecule has 0 amide bonds. The molecule has 0 bridgehead atoms. The quantitative estimate of drug-likeness (QED) is 0.800. The molecule has 16 heavy (non-hydrogen) atoms. The van der Waals surface area contributed by atoms with E-state index in [4.69, 9.17) is 10.4 Å². The van der Waals surface area contributed by atoms with Gasteiger partial charge in [0.05, 0.1) is 6.42 Å². The lowest BCUT2D eigenvalue weighted by Gasteiger charge is -2.07. The van der Waals surface area contributed by atoms with Crippen molar-refractivity contribution >= 4 is 5.97 Å². The largest absolute Gasteiger partial charge is 0.481 e. The molecule has 84 valence electrons. The molecular formula is C9H6F2N2O3. The average molecular weight is 228 g/mol. The molecule has 1 aromatic rings. The highest BCUT2D eigenvalue weighted by atomic mass is 19.3. The lowest BCUT2D eigenvalue weighted by molar-refractivity contribution is -0.136. The molecule has 0 saturated heterocycles. The molecule has 1 aromatic heterocycles. The van der Waals surface area contributed by atoms with Gasteiger partial charge in [0.25, 0.3) is 12.0 Å². The van der Waals surface area contributed by atoms with Crippen molar-refractivity contribution in [1.82, 2.24) is 4.98 Å². The summed E-state index contributed by atoms with van der Waals surface area (Å²) < 4.78 is 25.0. The van der Waals surface area contributed by atoms with Gasteiger partial charge in [0.15, 0.2) is 0 Å². The third-order valence-corrected chi connectivity index (χ3v) is 1.91. The number of alkyl halides is 2. The molecule has 5 nitrogen and oxygen atoms in total. The van der Waals surface area contributed by atoms with E-state index in [0.29, 0.717) is 0 Å². The summed E-state index contributed by atoms with van der Waals surface area (Å²) in [5, 5.41) is 17.1. The first-order chi connectivity index (χ1) is 7.47. The zero-order valence-electron chi connectivity index (χ0n) is 7.83. The minimum absolute atomic E-state index is 0.436. The molecule has 7 heteroatoms. The third-order valence-electron chi connectivity index (χ3n) is 1.91. The maximum Gasteiger partial charge on any atom is 0.307 e. The Kier molecular flexibility index (Phi) is 3.35. The Balaban J connectivity index is 3.48. The van der Waals surface area contributed by atoms with Crippen molar-refractivity contribution < 1.29 is 18.7 Å². The van der Waals surface area contributed by atoms with E-state index in [1.807, 2.05) is 4.98 Å². The number of rotatable bonds is 3. The van der Waals surface area contributed by atoms with Gasteiger partial charge in [-0.2, -0.15) is 5.26 Å². The van der Waals surface area contributed by atoms with Crippen LogP contribution < -0.4 is 5.56 Å². The average Bonchev–Trinajstić information content (AvgIpc) is 2.16. The summed E-state index contributed by atoms with van der Waals surface area (Å²) in [4.78, 5) is 23.5. The second-order valence-corrected chi connectivity index (χ2v) is 2.91. The number of carboxylic acids is 1. The van der Waals surface area contributed by atoms with Gasteiger partial charge in [-0.05, 0) is 5.56 Å². The van der Waals surface area contributed by atoms with Crippen LogP contribution in [0.3, 0.4) is 0 Å². The summed E-state index contributed by atoms with van der Waals surface area (Å²) in [5.74, 6) is -1.39. The summed E-state index contributed by atoms with van der Waals surface area (Å²) in [6.45, 7) is 0. The first-order valence-electron chi connectivity index (χ1n) is 4.12. The van der Waals surface area contributed by atoms with Gasteiger partial charge in [0, 0.05) is 11.8 Å². The van der Waals surface area contributed by atoms with Crippen LogP contribution in [-0.4, -0.2) is 16.1 Å². The summed E-state index contributed by atoms with van der Waals surface area (Å²) in [6, 6.07) is 1.42. The fourth-order valence-corrected chi connectivity index (χ4v) is 1.24. The summed E-state index contributed by atoms with van der Waals surface area (Å²) in [5.41, 5.74) is -2.53. The molecule has 1 heterocycles. The molecule has 0 aliphatic rings. The number of H-pyrrole nitrogens is 1. The van der Waals surface area contributed by atoms with Crippen molar-refractivity contribution in [2.24, 2.45) is 0 Å². The second-order valence-electron chi connectivity index (χ2n) is 2.91. The van der Waals surface area contributed by atoms with Crippen LogP contribution in [0.25, 0.3) is 0 Å². The van der Waals surface area contributed by atoms with E-state index in [1.54, 1.807) is 0 Å². The monoisotopic (exact) mass is 228 g/mol. The minimum atomic E-state index is -2.95. The van der Waals surface area contributed by atoms with Crippen LogP contribution in [0.5, 0.6) is 0 Å². The van der Waals surface area contributed by atoms with Gasteiger partial charge < -0.3 is 10.1 Å². The van der Waals surface area contributed by atoms with Gasteiger partial charge in [-0.25, -0.2) is 8.78 Å². The number of pyridine rings is 1. The SMILES string of the molecule is N#Cc1c(CC(=O)O)c(C(F)F)c[nH]c1=O. The maximum atomic E-state index is 12.5. The second kappa shape index (κ2) is 4.53. The van der Waals surface area contributed by atoms with E-state index in [-0.39, 0.29) is 0 Å². The van der Waals surface area contributed by atoms with Crippen LogP contribution in [0.15, 0.2) is 11.0 Å². The van der Waals surface area contributed by atoms with Gasteiger partial charge in [-0.1, -0.05) is 0 Å². The summed E-state index contributed by atoms with van der Waals surface area (Å²) in [7, 11) is 0. The molecule has 0 saturated carbocycles. The topological polar surface area (TPSA) is 93.9 Å². The number of hydrogen-bond acceptors (Lipinski definition) is 3. The smallest absolute Gasteiger partial charge is 0.307 e. The van der Waals surface area contributed by atoms with E-state index >= 15 is 0 Å². The number of hydrogen-bond donors (Lipinski definition) is 2. The van der Waals surface area contributed by atoms with Gasteiger partial charge in [-0.15, -0.1) is 0 Å². The molecule has 1 rings (SSSR count). The van der Waals surface area contributed by atoms with Crippen molar-refractivity contribution in [1.29, 1.82) is 5.26 Å². The number of carboxylic acid groups (broad SMARTS) is 1. The molecule has 0 aliphatic heterocycles. The first kappa shape index (κ1) is 11.8. The van der Waals surface area contributed by atoms with Crippen LogP contribution in [0.2, 0.25) is 0 Å². The Bertz CT molecular complexity index is 516. The highest BCUT2D eigenvalue weighted by Gasteiger charge is 2.20. The number of aliphatic carboxylic acids is 1. The van der Waals surface area contributed by atoms with Gasteiger partial charge >= 0.3 is 5.97 Å². The van der Waals surface area contributed by atoms with E-state index in [0.717, 1.165) is 6.20 Å². The predicted octanol–water partition coefficient (Wildman–Crippen LogP) is 0.811. The number of aromatic amines is 1. The van der Waals surface area contributed by atoms with Crippen LogP contribution in [-0.2, 0) is 11.2 Å². The zero-order valence-corrected chi connectivity index (χ0v) is 7.83. The van der Waals surface area contributed by atoms with Crippen molar-refractivity contribution in [3.05, 3.63) is 33.2 Å². The van der Waals surface area contributed by atoms with Crippen molar-refractivity contribution in [2.45, 2.75) is 12.8 Å². The fourth-order valence-electron chi connectivity index (χ4n) is 1.24. The number of carbonyl (C=O) groups is 1. The fraction of sp³-hybridized carbons (Fsp3) is 0.222. The van der Waals surface area contributed by atoms with Gasteiger partial charge in [0.2, 0.25) is 0 Å². The molecule has 0 radical (unpaired) electrons. The number of halogens is 2. The highest BCUT2D eigenvalue weighted by Crippen LogP contribution is 2.23.